The number of benzene rings is 1. The zero-order valence-corrected chi connectivity index (χ0v) is 9.55. The van der Waals surface area contributed by atoms with E-state index in [2.05, 4.69) is 4.98 Å². The summed E-state index contributed by atoms with van der Waals surface area (Å²) < 4.78 is 12.9. The van der Waals surface area contributed by atoms with Crippen LogP contribution in [0.5, 0.6) is 0 Å². The molecule has 2 nitrogen and oxygen atoms in total. The van der Waals surface area contributed by atoms with Crippen molar-refractivity contribution in [3.63, 3.8) is 0 Å². The number of aromatic nitrogens is 1. The molecule has 2 aromatic rings. The molecule has 0 unspecified atom stereocenters. The van der Waals surface area contributed by atoms with Crippen LogP contribution in [0.3, 0.4) is 0 Å². The molecule has 82 valence electrons. The van der Waals surface area contributed by atoms with Gasteiger partial charge in [-0.25, -0.2) is 4.39 Å². The molecule has 0 spiro atoms. The fourth-order valence-corrected chi connectivity index (χ4v) is 2.12. The Balaban J connectivity index is 2.21. The molecule has 0 N–H and O–H groups in total. The average Bonchev–Trinajstić information content (AvgIpc) is 2.70. The topological polar surface area (TPSA) is 30.0 Å². The Morgan fingerprint density at radius 3 is 2.94 bits per heavy atom. The molecular formula is C12H10FNOS. The standard InChI is InChI=1S/C12H10FNOS/c1-8-4-9(13)2-3-11(8)12(15)5-10-6-14-7-16-10/h2-4,6-7H,5H2,1H3. The van der Waals surface area contributed by atoms with Gasteiger partial charge in [0.15, 0.2) is 5.78 Å². The van der Waals surface area contributed by atoms with Crippen LogP contribution in [-0.2, 0) is 6.42 Å². The first-order valence-electron chi connectivity index (χ1n) is 4.83. The lowest BCUT2D eigenvalue weighted by atomic mass is 10.0. The number of rotatable bonds is 3. The molecule has 0 aliphatic rings. The Bertz CT molecular complexity index is 508. The second kappa shape index (κ2) is 4.53. The second-order valence-corrected chi connectivity index (χ2v) is 4.50. The van der Waals surface area contributed by atoms with Crippen LogP contribution in [-0.4, -0.2) is 10.8 Å². The molecule has 0 amide bonds. The van der Waals surface area contributed by atoms with Gasteiger partial charge in [-0.15, -0.1) is 11.3 Å². The van der Waals surface area contributed by atoms with Crippen LogP contribution in [0, 0.1) is 12.7 Å². The fourth-order valence-electron chi connectivity index (χ4n) is 1.52. The molecule has 0 saturated heterocycles. The van der Waals surface area contributed by atoms with Crippen LogP contribution in [0.4, 0.5) is 4.39 Å². The molecule has 16 heavy (non-hydrogen) atoms. The van der Waals surface area contributed by atoms with Crippen LogP contribution in [0.15, 0.2) is 29.9 Å². The van der Waals surface area contributed by atoms with E-state index in [-0.39, 0.29) is 11.6 Å². The van der Waals surface area contributed by atoms with E-state index in [4.69, 9.17) is 0 Å². The number of nitrogens with zero attached hydrogens (tertiary/aromatic N) is 1. The van der Waals surface area contributed by atoms with Gasteiger partial charge in [0, 0.05) is 23.1 Å². The summed E-state index contributed by atoms with van der Waals surface area (Å²) >= 11 is 1.45. The number of aryl methyl sites for hydroxylation is 1. The minimum Gasteiger partial charge on any atom is -0.294 e. The molecule has 0 fully saturated rings. The van der Waals surface area contributed by atoms with Crippen molar-refractivity contribution in [3.05, 3.63) is 51.7 Å². The van der Waals surface area contributed by atoms with Gasteiger partial charge in [0.25, 0.3) is 0 Å². The van der Waals surface area contributed by atoms with Gasteiger partial charge in [-0.2, -0.15) is 0 Å². The lowest BCUT2D eigenvalue weighted by molar-refractivity contribution is 0.0993. The maximum atomic E-state index is 12.9. The van der Waals surface area contributed by atoms with Gasteiger partial charge in [0.2, 0.25) is 0 Å². The summed E-state index contributed by atoms with van der Waals surface area (Å²) in [6, 6.07) is 4.22. The molecule has 0 aliphatic carbocycles. The number of carbonyl (C=O) groups is 1. The highest BCUT2D eigenvalue weighted by molar-refractivity contribution is 7.09. The molecule has 1 heterocycles. The van der Waals surface area contributed by atoms with E-state index >= 15 is 0 Å². The van der Waals surface area contributed by atoms with Crippen LogP contribution in [0.25, 0.3) is 0 Å². The Morgan fingerprint density at radius 2 is 2.31 bits per heavy atom. The van der Waals surface area contributed by atoms with Crippen molar-refractivity contribution in [2.24, 2.45) is 0 Å². The van der Waals surface area contributed by atoms with E-state index in [0.717, 1.165) is 4.88 Å². The number of hydrogen-bond donors (Lipinski definition) is 0. The van der Waals surface area contributed by atoms with E-state index in [0.29, 0.717) is 17.5 Å². The largest absolute Gasteiger partial charge is 0.294 e. The highest BCUT2D eigenvalue weighted by Gasteiger charge is 2.11. The van der Waals surface area contributed by atoms with Crippen LogP contribution in [0.2, 0.25) is 0 Å². The van der Waals surface area contributed by atoms with Gasteiger partial charge < -0.3 is 0 Å². The van der Waals surface area contributed by atoms with Gasteiger partial charge in [0.1, 0.15) is 5.82 Å². The van der Waals surface area contributed by atoms with E-state index in [1.807, 2.05) is 0 Å². The Morgan fingerprint density at radius 1 is 1.50 bits per heavy atom. The smallest absolute Gasteiger partial charge is 0.168 e. The first-order valence-corrected chi connectivity index (χ1v) is 5.71. The maximum Gasteiger partial charge on any atom is 0.168 e. The first-order chi connectivity index (χ1) is 7.66. The third-order valence-corrected chi connectivity index (χ3v) is 3.09. The summed E-state index contributed by atoms with van der Waals surface area (Å²) in [5.41, 5.74) is 2.95. The first kappa shape index (κ1) is 11.0. The summed E-state index contributed by atoms with van der Waals surface area (Å²) in [4.78, 5) is 16.7. The Hall–Kier alpha value is -1.55. The van der Waals surface area contributed by atoms with Crippen LogP contribution >= 0.6 is 11.3 Å². The summed E-state index contributed by atoms with van der Waals surface area (Å²) in [6.07, 6.45) is 2.01. The van der Waals surface area contributed by atoms with Gasteiger partial charge in [-0.3, -0.25) is 9.78 Å². The van der Waals surface area contributed by atoms with E-state index < -0.39 is 0 Å². The summed E-state index contributed by atoms with van der Waals surface area (Å²) in [5.74, 6) is -0.311. The van der Waals surface area contributed by atoms with Crippen molar-refractivity contribution in [1.29, 1.82) is 0 Å². The van der Waals surface area contributed by atoms with Gasteiger partial charge in [-0.05, 0) is 30.7 Å². The molecule has 0 aliphatic heterocycles. The van der Waals surface area contributed by atoms with Crippen molar-refractivity contribution in [2.45, 2.75) is 13.3 Å². The second-order valence-electron chi connectivity index (χ2n) is 3.53. The molecule has 4 heteroatoms. The molecule has 2 rings (SSSR count). The summed E-state index contributed by atoms with van der Waals surface area (Å²) in [7, 11) is 0. The van der Waals surface area contributed by atoms with Gasteiger partial charge in [0.05, 0.1) is 5.51 Å². The van der Waals surface area contributed by atoms with Gasteiger partial charge >= 0.3 is 0 Å². The molecule has 0 atom stereocenters. The predicted octanol–water partition coefficient (Wildman–Crippen LogP) is 3.02. The van der Waals surface area contributed by atoms with Crippen molar-refractivity contribution in [2.75, 3.05) is 0 Å². The highest BCUT2D eigenvalue weighted by atomic mass is 32.1. The monoisotopic (exact) mass is 235 g/mol. The predicted molar refractivity (Wildman–Crippen MR) is 61.3 cm³/mol. The quantitative estimate of drug-likeness (QED) is 0.765. The summed E-state index contributed by atoms with van der Waals surface area (Å²) in [6.45, 7) is 1.74. The average molecular weight is 235 g/mol. The maximum absolute atomic E-state index is 12.9. The highest BCUT2D eigenvalue weighted by Crippen LogP contribution is 2.15. The third kappa shape index (κ3) is 2.33. The zero-order valence-electron chi connectivity index (χ0n) is 8.74. The van der Waals surface area contributed by atoms with Crippen molar-refractivity contribution in [3.8, 4) is 0 Å². The Labute approximate surface area is 96.8 Å². The minimum absolute atomic E-state index is 0.00162. The van der Waals surface area contributed by atoms with Crippen molar-refractivity contribution >= 4 is 17.1 Å². The van der Waals surface area contributed by atoms with E-state index in [9.17, 15) is 9.18 Å². The number of hydrogen-bond acceptors (Lipinski definition) is 3. The van der Waals surface area contributed by atoms with Crippen molar-refractivity contribution < 1.29 is 9.18 Å². The fraction of sp³-hybridized carbons (Fsp3) is 0.167. The molecule has 1 aromatic heterocycles. The Kier molecular flexibility index (Phi) is 3.10. The number of Topliss-reactive ketones (excluding diaryl/α,β-unsaturated/α-hetero) is 1. The van der Waals surface area contributed by atoms with Crippen molar-refractivity contribution in [1.82, 2.24) is 4.98 Å². The van der Waals surface area contributed by atoms with Gasteiger partial charge in [-0.1, -0.05) is 0 Å². The number of carbonyl (C=O) groups excluding carboxylic acids is 1. The lowest BCUT2D eigenvalue weighted by Crippen LogP contribution is -2.04. The van der Waals surface area contributed by atoms with Crippen LogP contribution in [0.1, 0.15) is 20.8 Å². The number of thiazole rings is 1. The van der Waals surface area contributed by atoms with E-state index in [1.54, 1.807) is 18.6 Å². The molecule has 0 saturated carbocycles. The minimum atomic E-state index is -0.313. The SMILES string of the molecule is Cc1cc(F)ccc1C(=O)Cc1cncs1. The number of ketones is 1. The molecule has 0 bridgehead atoms. The normalized spacial score (nSPS) is 10.4. The third-order valence-electron chi connectivity index (χ3n) is 2.31. The number of halogens is 1. The molecular weight excluding hydrogens is 225 g/mol. The molecule has 1 aromatic carbocycles. The van der Waals surface area contributed by atoms with E-state index in [1.165, 1.54) is 29.5 Å². The molecule has 0 radical (unpaired) electrons. The zero-order chi connectivity index (χ0) is 11.5. The lowest BCUT2D eigenvalue weighted by Gasteiger charge is -2.03. The summed E-state index contributed by atoms with van der Waals surface area (Å²) in [5, 5.41) is 0. The van der Waals surface area contributed by atoms with Crippen LogP contribution < -0.4 is 0 Å².